The topological polar surface area (TPSA) is 9.23 Å². The molecular weight excluding hydrogens is 76.1 g/mol. The van der Waals surface area contributed by atoms with Crippen molar-refractivity contribution in [2.45, 2.75) is 6.42 Å². The van der Waals surface area contributed by atoms with Gasteiger partial charge in [-0.05, 0) is 12.5 Å². The van der Waals surface area contributed by atoms with E-state index in [4.69, 9.17) is 4.74 Å². The van der Waals surface area contributed by atoms with Crippen LogP contribution in [0.5, 0.6) is 0 Å². The number of ether oxygens (including phenoxy) is 1. The van der Waals surface area contributed by atoms with E-state index in [9.17, 15) is 0 Å². The van der Waals surface area contributed by atoms with E-state index >= 15 is 0 Å². The Labute approximate surface area is 37.6 Å². The van der Waals surface area contributed by atoms with Gasteiger partial charge < -0.3 is 4.74 Å². The Bertz CT molecular complexity index is 49.0. The summed E-state index contributed by atoms with van der Waals surface area (Å²) in [5.74, 6) is 0. The van der Waals surface area contributed by atoms with Gasteiger partial charge in [0.05, 0.1) is 6.61 Å². The van der Waals surface area contributed by atoms with Crippen molar-refractivity contribution in [3.05, 3.63) is 18.8 Å². The molecule has 2 radical (unpaired) electrons. The van der Waals surface area contributed by atoms with Gasteiger partial charge >= 0.3 is 0 Å². The maximum Gasteiger partial charge on any atom is 0.156 e. The van der Waals surface area contributed by atoms with Crippen LogP contribution in [0.15, 0.2) is 6.08 Å². The van der Waals surface area contributed by atoms with Crippen LogP contribution in [0.4, 0.5) is 0 Å². The van der Waals surface area contributed by atoms with Crippen LogP contribution in [0.3, 0.4) is 0 Å². The fourth-order valence-electron chi connectivity index (χ4n) is 0.365. The quantitative estimate of drug-likeness (QED) is 0.422. The van der Waals surface area contributed by atoms with E-state index in [-0.39, 0.29) is 0 Å². The number of rotatable bonds is 0. The maximum absolute atomic E-state index is 4.71. The highest BCUT2D eigenvalue weighted by Crippen LogP contribution is 1.95. The van der Waals surface area contributed by atoms with Crippen molar-refractivity contribution in [1.82, 2.24) is 0 Å². The molecule has 0 spiro atoms. The maximum atomic E-state index is 4.71. The molecule has 0 bridgehead atoms. The molecule has 0 unspecified atom stereocenters. The van der Waals surface area contributed by atoms with Crippen molar-refractivity contribution in [2.24, 2.45) is 0 Å². The number of hydrogen-bond acceptors (Lipinski definition) is 1. The summed E-state index contributed by atoms with van der Waals surface area (Å²) in [6.45, 7) is 0.733. The zero-order valence-corrected chi connectivity index (χ0v) is 3.48. The second kappa shape index (κ2) is 1.85. The van der Waals surface area contributed by atoms with Gasteiger partial charge in [-0.2, -0.15) is 0 Å². The Morgan fingerprint density at radius 1 is 1.67 bits per heavy atom. The molecule has 1 rings (SSSR count). The molecule has 0 aromatic carbocycles. The summed E-state index contributed by atoms with van der Waals surface area (Å²) in [5, 5.41) is 0. The zero-order valence-electron chi connectivity index (χ0n) is 3.48. The van der Waals surface area contributed by atoms with Crippen molar-refractivity contribution < 1.29 is 4.74 Å². The smallest absolute Gasteiger partial charge is 0.156 e. The lowest BCUT2D eigenvalue weighted by atomic mass is 10.3. The second-order valence-electron chi connectivity index (χ2n) is 1.16. The van der Waals surface area contributed by atoms with Crippen molar-refractivity contribution in [2.75, 3.05) is 6.61 Å². The van der Waals surface area contributed by atoms with E-state index in [0.29, 0.717) is 0 Å². The molecule has 1 aliphatic heterocycles. The molecule has 0 saturated heterocycles. The van der Waals surface area contributed by atoms with E-state index in [2.05, 4.69) is 12.7 Å². The van der Waals surface area contributed by atoms with Gasteiger partial charge in [0.2, 0.25) is 0 Å². The standard InChI is InChI=1S/C5H6O/c1-2-4-6-5-3-1/h2-3H,1,4H2. The first-order valence-electron chi connectivity index (χ1n) is 2.01. The van der Waals surface area contributed by atoms with E-state index in [0.717, 1.165) is 13.0 Å². The fraction of sp³-hybridized carbons (Fsp3) is 0.400. The zero-order chi connectivity index (χ0) is 4.24. The van der Waals surface area contributed by atoms with Crippen LogP contribution in [-0.2, 0) is 4.74 Å². The highest BCUT2D eigenvalue weighted by molar-refractivity contribution is 4.82. The van der Waals surface area contributed by atoms with Crippen LogP contribution in [-0.4, -0.2) is 6.61 Å². The highest BCUT2D eigenvalue weighted by atomic mass is 16.5. The van der Waals surface area contributed by atoms with Gasteiger partial charge in [0.1, 0.15) is 0 Å². The Hall–Kier alpha value is -0.460. The summed E-state index contributed by atoms with van der Waals surface area (Å²) < 4.78 is 4.71. The van der Waals surface area contributed by atoms with Crippen molar-refractivity contribution in [1.29, 1.82) is 0 Å². The van der Waals surface area contributed by atoms with E-state index in [1.54, 1.807) is 0 Å². The first-order valence-corrected chi connectivity index (χ1v) is 2.01. The Morgan fingerprint density at radius 2 is 2.67 bits per heavy atom. The predicted octanol–water partition coefficient (Wildman–Crippen LogP) is 0.928. The van der Waals surface area contributed by atoms with E-state index in [1.807, 2.05) is 6.08 Å². The summed E-state index contributed by atoms with van der Waals surface area (Å²) in [7, 11) is 0. The largest absolute Gasteiger partial charge is 0.490 e. The van der Waals surface area contributed by atoms with Gasteiger partial charge in [-0.1, -0.05) is 0 Å². The molecule has 0 atom stereocenters. The third-order valence-corrected chi connectivity index (χ3v) is 0.652. The molecule has 1 heteroatoms. The SMILES string of the molecule is [C]1=CC[CH]CO1. The van der Waals surface area contributed by atoms with Gasteiger partial charge in [0.15, 0.2) is 6.26 Å². The van der Waals surface area contributed by atoms with Crippen molar-refractivity contribution in [3.63, 3.8) is 0 Å². The van der Waals surface area contributed by atoms with Gasteiger partial charge in [0, 0.05) is 6.42 Å². The monoisotopic (exact) mass is 82.0 g/mol. The van der Waals surface area contributed by atoms with Crippen LogP contribution >= 0.6 is 0 Å². The van der Waals surface area contributed by atoms with Crippen LogP contribution in [0.25, 0.3) is 0 Å². The molecule has 0 aromatic heterocycles. The molecule has 0 aliphatic carbocycles. The lowest BCUT2D eigenvalue weighted by molar-refractivity contribution is 0.242. The van der Waals surface area contributed by atoms with Gasteiger partial charge in [-0.15, -0.1) is 0 Å². The highest BCUT2D eigenvalue weighted by Gasteiger charge is 1.88. The summed E-state index contributed by atoms with van der Waals surface area (Å²) in [5.41, 5.74) is 0. The van der Waals surface area contributed by atoms with Crippen molar-refractivity contribution >= 4 is 0 Å². The van der Waals surface area contributed by atoms with Crippen molar-refractivity contribution in [3.8, 4) is 0 Å². The minimum absolute atomic E-state index is 0.733. The molecule has 1 nitrogen and oxygen atoms in total. The van der Waals surface area contributed by atoms with E-state index in [1.165, 1.54) is 0 Å². The Kier molecular flexibility index (Phi) is 1.15. The van der Waals surface area contributed by atoms with Gasteiger partial charge in [0.25, 0.3) is 0 Å². The summed E-state index contributed by atoms with van der Waals surface area (Å²) in [6.07, 6.45) is 7.56. The first kappa shape index (κ1) is 3.72. The van der Waals surface area contributed by atoms with Gasteiger partial charge in [-0.3, -0.25) is 0 Å². The summed E-state index contributed by atoms with van der Waals surface area (Å²) in [4.78, 5) is 0. The minimum atomic E-state index is 0.733. The third-order valence-electron chi connectivity index (χ3n) is 0.652. The average molecular weight is 82.1 g/mol. The van der Waals surface area contributed by atoms with E-state index < -0.39 is 0 Å². The number of hydrogen-bond donors (Lipinski definition) is 0. The minimum Gasteiger partial charge on any atom is -0.490 e. The molecule has 0 aromatic rings. The Balaban J connectivity index is 2.26. The Morgan fingerprint density at radius 3 is 2.83 bits per heavy atom. The molecular formula is C5H6O. The average Bonchev–Trinajstić information content (AvgIpc) is 1.72. The number of allylic oxidation sites excluding steroid dienone is 1. The van der Waals surface area contributed by atoms with Crippen LogP contribution < -0.4 is 0 Å². The first-order chi connectivity index (χ1) is 3.00. The molecule has 1 heterocycles. The summed E-state index contributed by atoms with van der Waals surface area (Å²) in [6, 6.07) is 0. The molecule has 1 aliphatic rings. The molecule has 0 fully saturated rings. The molecule has 0 saturated carbocycles. The fourth-order valence-corrected chi connectivity index (χ4v) is 0.365. The third kappa shape index (κ3) is 0.744. The summed E-state index contributed by atoms with van der Waals surface area (Å²) >= 11 is 0. The predicted molar refractivity (Wildman–Crippen MR) is 22.7 cm³/mol. The lowest BCUT2D eigenvalue weighted by Gasteiger charge is -1.99. The van der Waals surface area contributed by atoms with Crippen LogP contribution in [0.2, 0.25) is 0 Å². The molecule has 0 amide bonds. The lowest BCUT2D eigenvalue weighted by Crippen LogP contribution is -1.92. The molecule has 0 N–H and O–H groups in total. The van der Waals surface area contributed by atoms with Crippen LogP contribution in [0.1, 0.15) is 6.42 Å². The van der Waals surface area contributed by atoms with Gasteiger partial charge in [-0.25, -0.2) is 0 Å². The normalized spacial score (nSPS) is 20.0. The second-order valence-corrected chi connectivity index (χ2v) is 1.16. The molecule has 32 valence electrons. The molecule has 6 heavy (non-hydrogen) atoms. The van der Waals surface area contributed by atoms with Crippen LogP contribution in [0, 0.1) is 12.7 Å².